The standard InChI is InChI=1S/C44H33N3O3S2/c48-42(49)31-45-43(50)41(52-44(45)51)30-34-22-28-40(29-23-34)47(37-14-8-3-9-15-37)39-26-20-33(21-27-39)17-16-32-18-24-38(25-19-32)46(35-10-4-1-5-11-35)36-12-6-2-7-13-36/h1-30H,31H2,(H,48,49)/b17-16+,41-30+. The Hall–Kier alpha value is -6.22. The zero-order chi connectivity index (χ0) is 35.9. The molecule has 0 saturated carbocycles. The van der Waals surface area contributed by atoms with Crippen LogP contribution in [0.15, 0.2) is 169 Å². The van der Waals surface area contributed by atoms with E-state index in [0.717, 1.165) is 67.5 Å². The maximum Gasteiger partial charge on any atom is 0.323 e. The van der Waals surface area contributed by atoms with Crippen LogP contribution in [-0.2, 0) is 9.59 Å². The van der Waals surface area contributed by atoms with Gasteiger partial charge in [0.15, 0.2) is 0 Å². The van der Waals surface area contributed by atoms with Gasteiger partial charge >= 0.3 is 5.97 Å². The second-order valence-electron chi connectivity index (χ2n) is 11.9. The lowest BCUT2D eigenvalue weighted by Crippen LogP contribution is -2.33. The fraction of sp³-hybridized carbons (Fsp3) is 0.0227. The third-order valence-electron chi connectivity index (χ3n) is 8.43. The monoisotopic (exact) mass is 715 g/mol. The van der Waals surface area contributed by atoms with Gasteiger partial charge < -0.3 is 14.9 Å². The summed E-state index contributed by atoms with van der Waals surface area (Å²) in [4.78, 5) is 29.9. The molecule has 1 N–H and O–H groups in total. The average Bonchev–Trinajstić information content (AvgIpc) is 3.44. The molecule has 1 amide bonds. The molecule has 0 spiro atoms. The second kappa shape index (κ2) is 15.8. The van der Waals surface area contributed by atoms with Crippen molar-refractivity contribution in [2.75, 3.05) is 16.3 Å². The van der Waals surface area contributed by atoms with Gasteiger partial charge in [-0.1, -0.05) is 127 Å². The van der Waals surface area contributed by atoms with Crippen LogP contribution in [-0.4, -0.2) is 32.7 Å². The van der Waals surface area contributed by atoms with E-state index in [0.29, 0.717) is 4.91 Å². The average molecular weight is 716 g/mol. The summed E-state index contributed by atoms with van der Waals surface area (Å²) in [6.07, 6.45) is 5.98. The third-order valence-corrected chi connectivity index (χ3v) is 9.81. The van der Waals surface area contributed by atoms with Crippen LogP contribution in [0, 0.1) is 0 Å². The number of aliphatic carboxylic acids is 1. The summed E-state index contributed by atoms with van der Waals surface area (Å²) in [5.41, 5.74) is 9.23. The largest absolute Gasteiger partial charge is 0.480 e. The number of hydrogen-bond donors (Lipinski definition) is 1. The van der Waals surface area contributed by atoms with E-state index >= 15 is 0 Å². The molecule has 1 aliphatic rings. The van der Waals surface area contributed by atoms with E-state index in [2.05, 4.69) is 131 Å². The fourth-order valence-electron chi connectivity index (χ4n) is 5.93. The normalized spacial score (nSPS) is 13.5. The van der Waals surface area contributed by atoms with Crippen molar-refractivity contribution in [1.82, 2.24) is 4.90 Å². The van der Waals surface area contributed by atoms with Crippen molar-refractivity contribution in [3.63, 3.8) is 0 Å². The van der Waals surface area contributed by atoms with Crippen molar-refractivity contribution < 1.29 is 14.7 Å². The summed E-state index contributed by atoms with van der Waals surface area (Å²) >= 11 is 6.35. The number of nitrogens with zero attached hydrogens (tertiary/aromatic N) is 3. The van der Waals surface area contributed by atoms with E-state index in [9.17, 15) is 9.59 Å². The minimum atomic E-state index is -1.10. The van der Waals surface area contributed by atoms with Crippen LogP contribution in [0.5, 0.6) is 0 Å². The van der Waals surface area contributed by atoms with Crippen LogP contribution in [0.25, 0.3) is 18.2 Å². The van der Waals surface area contributed by atoms with E-state index in [1.54, 1.807) is 6.08 Å². The van der Waals surface area contributed by atoms with Crippen LogP contribution >= 0.6 is 24.0 Å². The van der Waals surface area contributed by atoms with Crippen molar-refractivity contribution in [2.45, 2.75) is 0 Å². The van der Waals surface area contributed by atoms with E-state index in [4.69, 9.17) is 17.3 Å². The predicted molar refractivity (Wildman–Crippen MR) is 219 cm³/mol. The van der Waals surface area contributed by atoms with Crippen molar-refractivity contribution in [3.05, 3.63) is 185 Å². The molecule has 1 fully saturated rings. The first-order valence-corrected chi connectivity index (χ1v) is 17.9. The molecule has 0 radical (unpaired) electrons. The first kappa shape index (κ1) is 34.2. The molecule has 0 atom stereocenters. The van der Waals surface area contributed by atoms with Crippen LogP contribution in [0.2, 0.25) is 0 Å². The number of amides is 1. The number of anilines is 6. The van der Waals surface area contributed by atoms with Gasteiger partial charge in [-0.3, -0.25) is 14.5 Å². The molecule has 7 rings (SSSR count). The Morgan fingerprint density at radius 2 is 0.904 bits per heavy atom. The molecule has 6 aromatic rings. The zero-order valence-corrected chi connectivity index (χ0v) is 29.6. The van der Waals surface area contributed by atoms with Gasteiger partial charge in [-0.15, -0.1) is 0 Å². The number of carbonyl (C=O) groups excluding carboxylic acids is 1. The highest BCUT2D eigenvalue weighted by Gasteiger charge is 2.33. The minimum absolute atomic E-state index is 0.246. The molecule has 1 aliphatic heterocycles. The number of thiocarbonyl (C=S) groups is 1. The number of rotatable bonds is 11. The molecule has 0 bridgehead atoms. The Bertz CT molecular complexity index is 2200. The number of thioether (sulfide) groups is 1. The number of benzene rings is 6. The van der Waals surface area contributed by atoms with Crippen molar-refractivity contribution >= 4 is 92.5 Å². The number of hydrogen-bond acceptors (Lipinski definition) is 6. The molecule has 0 aromatic heterocycles. The van der Waals surface area contributed by atoms with Crippen LogP contribution in [0.1, 0.15) is 16.7 Å². The van der Waals surface area contributed by atoms with Gasteiger partial charge in [-0.05, 0) is 95.6 Å². The quantitative estimate of drug-likeness (QED) is 0.0814. The second-order valence-corrected chi connectivity index (χ2v) is 13.6. The summed E-state index contributed by atoms with van der Waals surface area (Å²) in [5, 5.41) is 9.14. The lowest BCUT2D eigenvalue weighted by atomic mass is 10.1. The summed E-state index contributed by atoms with van der Waals surface area (Å²) in [6, 6.07) is 55.8. The lowest BCUT2D eigenvalue weighted by molar-refractivity contribution is -0.140. The Kier molecular flexibility index (Phi) is 10.4. The summed E-state index contributed by atoms with van der Waals surface area (Å²) in [5.74, 6) is -1.50. The first-order valence-electron chi connectivity index (χ1n) is 16.6. The molecule has 0 unspecified atom stereocenters. The highest BCUT2D eigenvalue weighted by molar-refractivity contribution is 8.26. The van der Waals surface area contributed by atoms with Crippen LogP contribution in [0.3, 0.4) is 0 Å². The lowest BCUT2D eigenvalue weighted by Gasteiger charge is -2.25. The Morgan fingerprint density at radius 1 is 0.558 bits per heavy atom. The maximum atomic E-state index is 12.8. The molecule has 6 nitrogen and oxygen atoms in total. The molecule has 8 heteroatoms. The van der Waals surface area contributed by atoms with Gasteiger partial charge in [0.05, 0.1) is 4.91 Å². The summed E-state index contributed by atoms with van der Waals surface area (Å²) in [7, 11) is 0. The highest BCUT2D eigenvalue weighted by Crippen LogP contribution is 2.37. The Morgan fingerprint density at radius 3 is 1.27 bits per heavy atom. The van der Waals surface area contributed by atoms with Gasteiger partial charge in [-0.25, -0.2) is 0 Å². The number of carboxylic acid groups (broad SMARTS) is 1. The van der Waals surface area contributed by atoms with E-state index in [-0.39, 0.29) is 4.32 Å². The molecular weight excluding hydrogens is 683 g/mol. The topological polar surface area (TPSA) is 64.1 Å². The third kappa shape index (κ3) is 7.89. The van der Waals surface area contributed by atoms with Crippen LogP contribution in [0.4, 0.5) is 34.1 Å². The number of carboxylic acids is 1. The summed E-state index contributed by atoms with van der Waals surface area (Å²) < 4.78 is 0.246. The van der Waals surface area contributed by atoms with Gasteiger partial charge in [0, 0.05) is 34.1 Å². The molecule has 0 aliphatic carbocycles. The molecule has 1 saturated heterocycles. The molecule has 52 heavy (non-hydrogen) atoms. The number of para-hydroxylation sites is 3. The van der Waals surface area contributed by atoms with Crippen molar-refractivity contribution in [2.24, 2.45) is 0 Å². The van der Waals surface area contributed by atoms with Gasteiger partial charge in [0.25, 0.3) is 5.91 Å². The van der Waals surface area contributed by atoms with Gasteiger partial charge in [0.2, 0.25) is 0 Å². The maximum absolute atomic E-state index is 12.8. The predicted octanol–water partition coefficient (Wildman–Crippen LogP) is 11.1. The summed E-state index contributed by atoms with van der Waals surface area (Å²) in [6.45, 7) is -0.447. The van der Waals surface area contributed by atoms with Gasteiger partial charge in [0.1, 0.15) is 10.9 Å². The molecule has 254 valence electrons. The van der Waals surface area contributed by atoms with Crippen molar-refractivity contribution in [3.8, 4) is 0 Å². The molecule has 1 heterocycles. The van der Waals surface area contributed by atoms with Crippen molar-refractivity contribution in [1.29, 1.82) is 0 Å². The Balaban J connectivity index is 1.09. The van der Waals surface area contributed by atoms with E-state index in [1.807, 2.05) is 54.6 Å². The zero-order valence-electron chi connectivity index (χ0n) is 27.9. The minimum Gasteiger partial charge on any atom is -0.480 e. The van der Waals surface area contributed by atoms with Crippen LogP contribution < -0.4 is 9.80 Å². The SMILES string of the molecule is O=C(O)CN1C(=O)/C(=C\c2ccc(N(c3ccccc3)c3ccc(/C=C/c4ccc(N(c5ccccc5)c5ccccc5)cc4)cc3)cc2)SC1=S. The van der Waals surface area contributed by atoms with E-state index in [1.165, 1.54) is 0 Å². The molecule has 6 aromatic carbocycles. The van der Waals surface area contributed by atoms with Gasteiger partial charge in [-0.2, -0.15) is 0 Å². The molecular formula is C44H33N3O3S2. The van der Waals surface area contributed by atoms with E-state index < -0.39 is 18.4 Å². The first-order chi connectivity index (χ1) is 25.4. The number of carbonyl (C=O) groups is 2. The smallest absolute Gasteiger partial charge is 0.323 e. The Labute approximate surface area is 312 Å². The fourth-order valence-corrected chi connectivity index (χ4v) is 7.18. The highest BCUT2D eigenvalue weighted by atomic mass is 32.2.